The topological polar surface area (TPSA) is 34.1 Å². The van der Waals surface area contributed by atoms with Crippen molar-refractivity contribution >= 4 is 10.9 Å². The van der Waals surface area contributed by atoms with Gasteiger partial charge in [0, 0.05) is 18.2 Å². The number of rotatable bonds is 6. The van der Waals surface area contributed by atoms with Gasteiger partial charge in [0.1, 0.15) is 0 Å². The van der Waals surface area contributed by atoms with Crippen molar-refractivity contribution in [1.29, 1.82) is 0 Å². The van der Waals surface area contributed by atoms with Gasteiger partial charge in [-0.05, 0) is 25.1 Å². The van der Waals surface area contributed by atoms with Crippen LogP contribution in [-0.2, 0) is 4.74 Å². The molecular formula is C15H20N2O. The van der Waals surface area contributed by atoms with Gasteiger partial charge < -0.3 is 10.1 Å². The first kappa shape index (κ1) is 13.0. The SMILES string of the molecule is CCCOCC(NC)c1cccc2cccnc12. The Hall–Kier alpha value is -1.45. The van der Waals surface area contributed by atoms with Crippen LogP contribution in [0.4, 0.5) is 0 Å². The van der Waals surface area contributed by atoms with Crippen LogP contribution in [0.2, 0.25) is 0 Å². The second-order valence-corrected chi connectivity index (χ2v) is 4.34. The number of aromatic nitrogens is 1. The number of likely N-dealkylation sites (N-methyl/N-ethyl adjacent to an activating group) is 1. The maximum atomic E-state index is 5.65. The van der Waals surface area contributed by atoms with Crippen LogP contribution in [0.25, 0.3) is 10.9 Å². The zero-order chi connectivity index (χ0) is 12.8. The van der Waals surface area contributed by atoms with E-state index in [9.17, 15) is 0 Å². The summed E-state index contributed by atoms with van der Waals surface area (Å²) in [4.78, 5) is 4.48. The van der Waals surface area contributed by atoms with Crippen molar-refractivity contribution in [3.05, 3.63) is 42.1 Å². The molecule has 96 valence electrons. The molecule has 18 heavy (non-hydrogen) atoms. The molecule has 3 nitrogen and oxygen atoms in total. The summed E-state index contributed by atoms with van der Waals surface area (Å²) < 4.78 is 5.65. The first-order valence-corrected chi connectivity index (χ1v) is 6.45. The van der Waals surface area contributed by atoms with E-state index in [4.69, 9.17) is 4.74 Å². The predicted octanol–water partition coefficient (Wildman–Crippen LogP) is 2.92. The summed E-state index contributed by atoms with van der Waals surface area (Å²) in [7, 11) is 1.96. The maximum Gasteiger partial charge on any atom is 0.0750 e. The Morgan fingerprint density at radius 2 is 2.11 bits per heavy atom. The molecule has 1 aromatic heterocycles. The van der Waals surface area contributed by atoms with Gasteiger partial charge in [-0.25, -0.2) is 0 Å². The summed E-state index contributed by atoms with van der Waals surface area (Å²) in [5, 5.41) is 4.48. The molecule has 0 spiro atoms. The van der Waals surface area contributed by atoms with Crippen molar-refractivity contribution in [2.75, 3.05) is 20.3 Å². The molecule has 0 fully saturated rings. The average molecular weight is 244 g/mol. The first-order valence-electron chi connectivity index (χ1n) is 6.45. The molecule has 1 N–H and O–H groups in total. The molecule has 1 aromatic carbocycles. The molecule has 1 atom stereocenters. The van der Waals surface area contributed by atoms with Gasteiger partial charge in [-0.2, -0.15) is 0 Å². The molecule has 0 bridgehead atoms. The van der Waals surface area contributed by atoms with Crippen LogP contribution in [0.1, 0.15) is 24.9 Å². The summed E-state index contributed by atoms with van der Waals surface area (Å²) in [5.74, 6) is 0. The average Bonchev–Trinajstić information content (AvgIpc) is 2.43. The van der Waals surface area contributed by atoms with Crippen LogP contribution in [0.5, 0.6) is 0 Å². The standard InChI is InChI=1S/C15H20N2O/c1-3-10-18-11-14(16-2)13-8-4-6-12-7-5-9-17-15(12)13/h4-9,14,16H,3,10-11H2,1-2H3. The van der Waals surface area contributed by atoms with Crippen molar-refractivity contribution in [3.63, 3.8) is 0 Å². The Labute approximate surface area is 108 Å². The van der Waals surface area contributed by atoms with Gasteiger partial charge in [0.25, 0.3) is 0 Å². The van der Waals surface area contributed by atoms with Gasteiger partial charge in [0.05, 0.1) is 18.2 Å². The molecule has 2 rings (SSSR count). The molecule has 0 aliphatic rings. The van der Waals surface area contributed by atoms with Crippen LogP contribution in [0.3, 0.4) is 0 Å². The Morgan fingerprint density at radius 3 is 2.89 bits per heavy atom. The highest BCUT2D eigenvalue weighted by Crippen LogP contribution is 2.22. The number of ether oxygens (including phenoxy) is 1. The summed E-state index contributed by atoms with van der Waals surface area (Å²) in [6.45, 7) is 3.60. The summed E-state index contributed by atoms with van der Waals surface area (Å²) >= 11 is 0. The van der Waals surface area contributed by atoms with Gasteiger partial charge in [-0.15, -0.1) is 0 Å². The van der Waals surface area contributed by atoms with Crippen LogP contribution < -0.4 is 5.32 Å². The van der Waals surface area contributed by atoms with E-state index in [0.29, 0.717) is 6.61 Å². The van der Waals surface area contributed by atoms with Crippen molar-refractivity contribution in [2.45, 2.75) is 19.4 Å². The van der Waals surface area contributed by atoms with Crippen molar-refractivity contribution in [1.82, 2.24) is 10.3 Å². The fourth-order valence-electron chi connectivity index (χ4n) is 2.08. The van der Waals surface area contributed by atoms with Crippen LogP contribution in [-0.4, -0.2) is 25.2 Å². The lowest BCUT2D eigenvalue weighted by Crippen LogP contribution is -2.22. The fraction of sp³-hybridized carbons (Fsp3) is 0.400. The van der Waals surface area contributed by atoms with Crippen LogP contribution >= 0.6 is 0 Å². The lowest BCUT2D eigenvalue weighted by molar-refractivity contribution is 0.114. The van der Waals surface area contributed by atoms with E-state index in [1.165, 1.54) is 10.9 Å². The van der Waals surface area contributed by atoms with Crippen LogP contribution in [0, 0.1) is 0 Å². The monoisotopic (exact) mass is 244 g/mol. The molecule has 0 aliphatic heterocycles. The molecule has 1 heterocycles. The van der Waals surface area contributed by atoms with Crippen molar-refractivity contribution in [2.24, 2.45) is 0 Å². The van der Waals surface area contributed by atoms with E-state index in [1.807, 2.05) is 19.3 Å². The number of nitrogens with zero attached hydrogens (tertiary/aromatic N) is 1. The smallest absolute Gasteiger partial charge is 0.0750 e. The molecule has 0 saturated heterocycles. The van der Waals surface area contributed by atoms with E-state index in [1.54, 1.807) is 0 Å². The second kappa shape index (κ2) is 6.47. The highest BCUT2D eigenvalue weighted by atomic mass is 16.5. The zero-order valence-electron chi connectivity index (χ0n) is 11.0. The molecule has 0 amide bonds. The molecule has 0 radical (unpaired) electrons. The van der Waals surface area contributed by atoms with Gasteiger partial charge in [0.2, 0.25) is 0 Å². The molecule has 1 unspecified atom stereocenters. The normalized spacial score (nSPS) is 12.8. The number of hydrogen-bond donors (Lipinski definition) is 1. The Balaban J connectivity index is 2.27. The first-order chi connectivity index (χ1) is 8.86. The van der Waals surface area contributed by atoms with E-state index in [2.05, 4.69) is 41.5 Å². The molecule has 0 aliphatic carbocycles. The maximum absolute atomic E-state index is 5.65. The molecule has 3 heteroatoms. The lowest BCUT2D eigenvalue weighted by atomic mass is 10.0. The number of para-hydroxylation sites is 1. The van der Waals surface area contributed by atoms with E-state index in [-0.39, 0.29) is 6.04 Å². The number of fused-ring (bicyclic) bond motifs is 1. The van der Waals surface area contributed by atoms with Crippen LogP contribution in [0.15, 0.2) is 36.5 Å². The molecular weight excluding hydrogens is 224 g/mol. The quantitative estimate of drug-likeness (QED) is 0.793. The third-order valence-corrected chi connectivity index (χ3v) is 3.02. The molecule has 0 saturated carbocycles. The van der Waals surface area contributed by atoms with Gasteiger partial charge >= 0.3 is 0 Å². The molecule has 2 aromatic rings. The van der Waals surface area contributed by atoms with Gasteiger partial charge in [-0.3, -0.25) is 4.98 Å². The van der Waals surface area contributed by atoms with E-state index < -0.39 is 0 Å². The second-order valence-electron chi connectivity index (χ2n) is 4.34. The Morgan fingerprint density at radius 1 is 1.28 bits per heavy atom. The minimum Gasteiger partial charge on any atom is -0.379 e. The summed E-state index contributed by atoms with van der Waals surface area (Å²) in [6, 6.07) is 10.5. The Bertz CT molecular complexity index is 493. The highest BCUT2D eigenvalue weighted by molar-refractivity contribution is 5.82. The van der Waals surface area contributed by atoms with Crippen molar-refractivity contribution < 1.29 is 4.74 Å². The Kier molecular flexibility index (Phi) is 4.67. The zero-order valence-corrected chi connectivity index (χ0v) is 11.0. The third-order valence-electron chi connectivity index (χ3n) is 3.02. The minimum absolute atomic E-state index is 0.190. The minimum atomic E-state index is 0.190. The number of pyridine rings is 1. The van der Waals surface area contributed by atoms with Gasteiger partial charge in [-0.1, -0.05) is 31.2 Å². The summed E-state index contributed by atoms with van der Waals surface area (Å²) in [5.41, 5.74) is 2.26. The fourth-order valence-corrected chi connectivity index (χ4v) is 2.08. The number of benzene rings is 1. The van der Waals surface area contributed by atoms with Crippen molar-refractivity contribution in [3.8, 4) is 0 Å². The van der Waals surface area contributed by atoms with Gasteiger partial charge in [0.15, 0.2) is 0 Å². The predicted molar refractivity (Wildman–Crippen MR) is 74.7 cm³/mol. The summed E-state index contributed by atoms with van der Waals surface area (Å²) in [6.07, 6.45) is 2.88. The largest absolute Gasteiger partial charge is 0.379 e. The third kappa shape index (κ3) is 2.86. The number of hydrogen-bond acceptors (Lipinski definition) is 3. The number of nitrogens with one attached hydrogen (secondary N) is 1. The lowest BCUT2D eigenvalue weighted by Gasteiger charge is -2.18. The van der Waals surface area contributed by atoms with E-state index in [0.717, 1.165) is 18.5 Å². The highest BCUT2D eigenvalue weighted by Gasteiger charge is 2.13. The van der Waals surface area contributed by atoms with E-state index >= 15 is 0 Å².